The molecule has 2 aliphatic rings. The summed E-state index contributed by atoms with van der Waals surface area (Å²) in [7, 11) is 0. The second kappa shape index (κ2) is 8.52. The Bertz CT molecular complexity index is 419. The highest BCUT2D eigenvalue weighted by molar-refractivity contribution is 5.80. The number of rotatable bonds is 5. The van der Waals surface area contributed by atoms with Crippen molar-refractivity contribution in [3.05, 3.63) is 0 Å². The zero-order valence-electron chi connectivity index (χ0n) is 14.4. The van der Waals surface area contributed by atoms with Gasteiger partial charge in [0.2, 0.25) is 5.91 Å². The number of carbonyl (C=O) groups excluding carboxylic acids is 1. The number of nitrogens with one attached hydrogen (secondary N) is 1. The lowest BCUT2D eigenvalue weighted by Crippen LogP contribution is -2.48. The first-order valence-electron chi connectivity index (χ1n) is 9.06. The van der Waals surface area contributed by atoms with Crippen LogP contribution in [0.1, 0.15) is 58.3 Å². The third-order valence-electron chi connectivity index (χ3n) is 4.95. The Kier molecular flexibility index (Phi) is 6.69. The molecule has 1 aliphatic heterocycles. The van der Waals surface area contributed by atoms with Crippen molar-refractivity contribution in [2.24, 2.45) is 16.6 Å². The third kappa shape index (κ3) is 5.68. The Hall–Kier alpha value is -1.30. The first-order valence-corrected chi connectivity index (χ1v) is 9.06. The van der Waals surface area contributed by atoms with Gasteiger partial charge in [-0.25, -0.2) is 0 Å². The summed E-state index contributed by atoms with van der Waals surface area (Å²) in [6, 6.07) is 0. The molecule has 1 saturated carbocycles. The molecule has 2 fully saturated rings. The molecule has 1 amide bonds. The molecule has 6 heteroatoms. The number of carbonyl (C=O) groups is 1. The lowest BCUT2D eigenvalue weighted by Gasteiger charge is -2.36. The van der Waals surface area contributed by atoms with Crippen LogP contribution in [-0.4, -0.2) is 53.7 Å². The maximum absolute atomic E-state index is 11.2. The Morgan fingerprint density at radius 3 is 2.74 bits per heavy atom. The van der Waals surface area contributed by atoms with Crippen LogP contribution in [0.3, 0.4) is 0 Å². The summed E-state index contributed by atoms with van der Waals surface area (Å²) in [6.07, 6.45) is 7.63. The molecule has 1 aliphatic carbocycles. The van der Waals surface area contributed by atoms with Gasteiger partial charge in [0.05, 0.1) is 12.1 Å². The highest BCUT2D eigenvalue weighted by atomic mass is 16.3. The quantitative estimate of drug-likeness (QED) is 0.524. The zero-order valence-corrected chi connectivity index (χ0v) is 14.4. The van der Waals surface area contributed by atoms with Gasteiger partial charge < -0.3 is 21.1 Å². The molecule has 2 rings (SSSR count). The minimum Gasteiger partial charge on any atom is -0.388 e. The van der Waals surface area contributed by atoms with Crippen LogP contribution in [-0.2, 0) is 4.79 Å². The third-order valence-corrected chi connectivity index (χ3v) is 4.95. The van der Waals surface area contributed by atoms with Crippen molar-refractivity contribution in [3.63, 3.8) is 0 Å². The summed E-state index contributed by atoms with van der Waals surface area (Å²) in [6.45, 7) is 5.07. The minimum atomic E-state index is -0.638. The Balaban J connectivity index is 1.98. The number of nitrogens with zero attached hydrogens (tertiary/aromatic N) is 2. The number of amides is 1. The predicted molar refractivity (Wildman–Crippen MR) is 92.1 cm³/mol. The Morgan fingerprint density at radius 1 is 1.35 bits per heavy atom. The Morgan fingerprint density at radius 2 is 2.09 bits per heavy atom. The molecule has 23 heavy (non-hydrogen) atoms. The molecule has 6 nitrogen and oxygen atoms in total. The van der Waals surface area contributed by atoms with Crippen LogP contribution in [0.2, 0.25) is 0 Å². The molecule has 0 bridgehead atoms. The molecule has 0 aromatic rings. The fourth-order valence-electron chi connectivity index (χ4n) is 3.72. The maximum atomic E-state index is 11.2. The van der Waals surface area contributed by atoms with E-state index in [0.29, 0.717) is 18.9 Å². The van der Waals surface area contributed by atoms with E-state index in [-0.39, 0.29) is 5.91 Å². The standard InChI is InChI=1S/C17H32N4O2/c1-2-19-16(20-13-17(23)8-4-3-5-9-17)21-10-6-7-14(12-21)11-15(18)22/h14,23H,2-13H2,1H3,(H2,18,22)(H,19,20). The van der Waals surface area contributed by atoms with E-state index in [1.165, 1.54) is 6.42 Å². The molecule has 0 aromatic heterocycles. The second-order valence-electron chi connectivity index (χ2n) is 7.08. The lowest BCUT2D eigenvalue weighted by atomic mass is 9.85. The van der Waals surface area contributed by atoms with Gasteiger partial charge in [-0.05, 0) is 38.5 Å². The first-order chi connectivity index (χ1) is 11.0. The molecule has 1 atom stereocenters. The van der Waals surface area contributed by atoms with Gasteiger partial charge in [-0.15, -0.1) is 0 Å². The molecular formula is C17H32N4O2. The summed E-state index contributed by atoms with van der Waals surface area (Å²) < 4.78 is 0. The number of aliphatic imine (C=N–C) groups is 1. The highest BCUT2D eigenvalue weighted by Crippen LogP contribution is 2.28. The molecule has 1 saturated heterocycles. The Labute approximate surface area is 139 Å². The predicted octanol–water partition coefficient (Wildman–Crippen LogP) is 1.23. The van der Waals surface area contributed by atoms with Gasteiger partial charge >= 0.3 is 0 Å². The average Bonchev–Trinajstić information content (AvgIpc) is 2.52. The SMILES string of the molecule is CCNC(=NCC1(O)CCCCC1)N1CCCC(CC(N)=O)C1. The van der Waals surface area contributed by atoms with E-state index in [1.54, 1.807) is 0 Å². The number of aliphatic hydroxyl groups is 1. The minimum absolute atomic E-state index is 0.227. The molecular weight excluding hydrogens is 292 g/mol. The average molecular weight is 324 g/mol. The van der Waals surface area contributed by atoms with E-state index in [1.807, 2.05) is 0 Å². The molecule has 132 valence electrons. The normalized spacial score (nSPS) is 25.2. The number of piperidine rings is 1. The fraction of sp³-hybridized carbons (Fsp3) is 0.882. The highest BCUT2D eigenvalue weighted by Gasteiger charge is 2.30. The van der Waals surface area contributed by atoms with E-state index in [0.717, 1.165) is 64.1 Å². The van der Waals surface area contributed by atoms with Crippen molar-refractivity contribution in [3.8, 4) is 0 Å². The largest absolute Gasteiger partial charge is 0.388 e. The van der Waals surface area contributed by atoms with Gasteiger partial charge in [-0.2, -0.15) is 0 Å². The number of hydrogen-bond acceptors (Lipinski definition) is 3. The summed E-state index contributed by atoms with van der Waals surface area (Å²) in [4.78, 5) is 18.1. The molecule has 0 radical (unpaired) electrons. The van der Waals surface area contributed by atoms with Gasteiger partial charge in [0.1, 0.15) is 0 Å². The van der Waals surface area contributed by atoms with Gasteiger partial charge in [0.15, 0.2) is 5.96 Å². The maximum Gasteiger partial charge on any atom is 0.217 e. The van der Waals surface area contributed by atoms with Crippen LogP contribution < -0.4 is 11.1 Å². The molecule has 0 spiro atoms. The van der Waals surface area contributed by atoms with E-state index in [9.17, 15) is 9.90 Å². The number of guanidine groups is 1. The van der Waals surface area contributed by atoms with Gasteiger partial charge in [-0.1, -0.05) is 19.3 Å². The molecule has 1 heterocycles. The van der Waals surface area contributed by atoms with Crippen LogP contribution >= 0.6 is 0 Å². The van der Waals surface area contributed by atoms with Crippen molar-refractivity contribution in [1.29, 1.82) is 0 Å². The topological polar surface area (TPSA) is 91.0 Å². The first kappa shape index (κ1) is 18.0. The van der Waals surface area contributed by atoms with Gasteiger partial charge in [-0.3, -0.25) is 9.79 Å². The van der Waals surface area contributed by atoms with E-state index < -0.39 is 5.60 Å². The van der Waals surface area contributed by atoms with E-state index in [2.05, 4.69) is 17.1 Å². The lowest BCUT2D eigenvalue weighted by molar-refractivity contribution is -0.119. The number of nitrogens with two attached hydrogens (primary N) is 1. The van der Waals surface area contributed by atoms with Crippen LogP contribution in [0.5, 0.6) is 0 Å². The second-order valence-corrected chi connectivity index (χ2v) is 7.08. The number of primary amides is 1. The summed E-state index contributed by atoms with van der Waals surface area (Å²) in [5.41, 5.74) is 4.70. The monoisotopic (exact) mass is 324 g/mol. The summed E-state index contributed by atoms with van der Waals surface area (Å²) in [5.74, 6) is 0.943. The van der Waals surface area contributed by atoms with Crippen molar-refractivity contribution < 1.29 is 9.90 Å². The number of likely N-dealkylation sites (tertiary alicyclic amines) is 1. The van der Waals surface area contributed by atoms with E-state index in [4.69, 9.17) is 10.7 Å². The molecule has 0 aromatic carbocycles. The van der Waals surface area contributed by atoms with Crippen LogP contribution in [0.15, 0.2) is 4.99 Å². The van der Waals surface area contributed by atoms with Crippen LogP contribution in [0.25, 0.3) is 0 Å². The number of hydrogen-bond donors (Lipinski definition) is 3. The van der Waals surface area contributed by atoms with Crippen molar-refractivity contribution >= 4 is 11.9 Å². The van der Waals surface area contributed by atoms with Crippen molar-refractivity contribution in [2.45, 2.75) is 63.9 Å². The van der Waals surface area contributed by atoms with Crippen LogP contribution in [0.4, 0.5) is 0 Å². The smallest absolute Gasteiger partial charge is 0.217 e. The summed E-state index contributed by atoms with van der Waals surface area (Å²) in [5, 5.41) is 14.0. The summed E-state index contributed by atoms with van der Waals surface area (Å²) >= 11 is 0. The zero-order chi connectivity index (χ0) is 16.7. The van der Waals surface area contributed by atoms with Crippen molar-refractivity contribution in [2.75, 3.05) is 26.2 Å². The molecule has 4 N–H and O–H groups in total. The van der Waals surface area contributed by atoms with Crippen molar-refractivity contribution in [1.82, 2.24) is 10.2 Å². The molecule has 1 unspecified atom stereocenters. The van der Waals surface area contributed by atoms with Crippen LogP contribution in [0, 0.1) is 5.92 Å². The van der Waals surface area contributed by atoms with E-state index >= 15 is 0 Å². The van der Waals surface area contributed by atoms with Gasteiger partial charge in [0, 0.05) is 26.1 Å². The fourth-order valence-corrected chi connectivity index (χ4v) is 3.72. The van der Waals surface area contributed by atoms with Gasteiger partial charge in [0.25, 0.3) is 0 Å².